The maximum Gasteiger partial charge on any atom is 0.251 e. The number of carbonyl (C=O) groups is 1. The second-order valence-corrected chi connectivity index (χ2v) is 8.14. The zero-order valence-corrected chi connectivity index (χ0v) is 18.0. The van der Waals surface area contributed by atoms with Gasteiger partial charge in [-0.25, -0.2) is 14.4 Å². The van der Waals surface area contributed by atoms with Crippen LogP contribution in [0.3, 0.4) is 0 Å². The minimum Gasteiger partial charge on any atom is -0.352 e. The molecule has 0 radical (unpaired) electrons. The number of nitrogens with zero attached hydrogens (tertiary/aromatic N) is 3. The summed E-state index contributed by atoms with van der Waals surface area (Å²) >= 11 is 1.61. The average molecular weight is 435 g/mol. The second kappa shape index (κ2) is 9.75. The van der Waals surface area contributed by atoms with Crippen LogP contribution < -0.4 is 5.32 Å². The monoisotopic (exact) mass is 434 g/mol. The van der Waals surface area contributed by atoms with Crippen molar-refractivity contribution in [1.82, 2.24) is 19.9 Å². The van der Waals surface area contributed by atoms with Crippen molar-refractivity contribution >= 4 is 28.8 Å². The molecule has 2 aromatic heterocycles. The van der Waals surface area contributed by atoms with Gasteiger partial charge >= 0.3 is 0 Å². The molecule has 4 rings (SSSR count). The molecule has 31 heavy (non-hydrogen) atoms. The topological polar surface area (TPSA) is 59.8 Å². The zero-order chi connectivity index (χ0) is 21.6. The van der Waals surface area contributed by atoms with Gasteiger partial charge in [-0.05, 0) is 53.9 Å². The largest absolute Gasteiger partial charge is 0.352 e. The molecular formula is C24H23FN4OS. The molecule has 0 saturated heterocycles. The van der Waals surface area contributed by atoms with E-state index in [-0.39, 0.29) is 11.7 Å². The summed E-state index contributed by atoms with van der Waals surface area (Å²) in [5, 5.41) is 3.74. The Hall–Kier alpha value is -3.19. The first-order valence-electron chi connectivity index (χ1n) is 10.2. The van der Waals surface area contributed by atoms with Gasteiger partial charge in [0.05, 0.1) is 6.54 Å². The molecule has 0 spiro atoms. The van der Waals surface area contributed by atoms with Crippen LogP contribution in [-0.2, 0) is 12.3 Å². The van der Waals surface area contributed by atoms with Crippen LogP contribution in [-0.4, -0.2) is 27.0 Å². The van der Waals surface area contributed by atoms with E-state index in [1.807, 2.05) is 43.3 Å². The van der Waals surface area contributed by atoms with Crippen molar-refractivity contribution in [3.63, 3.8) is 0 Å². The number of halogens is 1. The molecule has 1 N–H and O–H groups in total. The van der Waals surface area contributed by atoms with Gasteiger partial charge < -0.3 is 5.32 Å². The Morgan fingerprint density at radius 1 is 1.06 bits per heavy atom. The molecule has 0 saturated carbocycles. The van der Waals surface area contributed by atoms with Crippen LogP contribution in [0.15, 0.2) is 72.0 Å². The Bertz CT molecular complexity index is 1170. The van der Waals surface area contributed by atoms with Crippen LogP contribution in [0.25, 0.3) is 11.2 Å². The van der Waals surface area contributed by atoms with Crippen molar-refractivity contribution in [2.45, 2.75) is 30.8 Å². The Balaban J connectivity index is 1.51. The molecule has 0 fully saturated rings. The number of carbonyl (C=O) groups excluding carboxylic acids is 1. The number of nitrogens with one attached hydrogen (secondary N) is 1. The molecule has 0 bridgehead atoms. The third-order valence-corrected chi connectivity index (χ3v) is 5.89. The minimum absolute atomic E-state index is 0.0479. The summed E-state index contributed by atoms with van der Waals surface area (Å²) in [5.74, 6) is 0.413. The molecule has 0 atom stereocenters. The average Bonchev–Trinajstić information content (AvgIpc) is 3.15. The molecule has 4 aromatic rings. The van der Waals surface area contributed by atoms with Gasteiger partial charge in [0.1, 0.15) is 11.3 Å². The van der Waals surface area contributed by atoms with Gasteiger partial charge in [-0.3, -0.25) is 9.36 Å². The smallest absolute Gasteiger partial charge is 0.251 e. The fourth-order valence-corrected chi connectivity index (χ4v) is 4.16. The number of rotatable bonds is 8. The van der Waals surface area contributed by atoms with E-state index in [1.54, 1.807) is 30.1 Å². The van der Waals surface area contributed by atoms with Gasteiger partial charge in [0.2, 0.25) is 0 Å². The Labute approximate surface area is 184 Å². The first-order chi connectivity index (χ1) is 15.1. The van der Waals surface area contributed by atoms with Crippen LogP contribution >= 0.6 is 11.8 Å². The maximum absolute atomic E-state index is 13.3. The summed E-state index contributed by atoms with van der Waals surface area (Å²) in [6.07, 6.45) is 2.66. The number of fused-ring (bicyclic) bond motifs is 1. The lowest BCUT2D eigenvalue weighted by Crippen LogP contribution is -2.23. The SMILES string of the molecule is CCCNC(=O)c1ccc(CSc2nc3cccnc3n2Cc2ccc(F)cc2)cc1. The molecular weight excluding hydrogens is 411 g/mol. The number of hydrogen-bond donors (Lipinski definition) is 1. The highest BCUT2D eigenvalue weighted by atomic mass is 32.2. The van der Waals surface area contributed by atoms with Crippen molar-refractivity contribution in [3.8, 4) is 0 Å². The number of imidazole rings is 1. The quantitative estimate of drug-likeness (QED) is 0.394. The van der Waals surface area contributed by atoms with Crippen LogP contribution in [0.2, 0.25) is 0 Å². The maximum atomic E-state index is 13.3. The van der Waals surface area contributed by atoms with Crippen molar-refractivity contribution in [2.75, 3.05) is 6.54 Å². The van der Waals surface area contributed by atoms with E-state index in [1.165, 1.54) is 12.1 Å². The molecule has 0 aliphatic carbocycles. The highest BCUT2D eigenvalue weighted by molar-refractivity contribution is 7.98. The molecule has 0 aliphatic heterocycles. The van der Waals surface area contributed by atoms with Gasteiger partial charge in [-0.2, -0.15) is 0 Å². The summed E-state index contributed by atoms with van der Waals surface area (Å²) in [6, 6.07) is 17.9. The number of amides is 1. The summed E-state index contributed by atoms with van der Waals surface area (Å²) in [5.41, 5.74) is 4.38. The number of thioether (sulfide) groups is 1. The van der Waals surface area contributed by atoms with E-state index in [2.05, 4.69) is 14.9 Å². The summed E-state index contributed by atoms with van der Waals surface area (Å²) < 4.78 is 15.3. The molecule has 2 heterocycles. The van der Waals surface area contributed by atoms with E-state index in [0.717, 1.165) is 33.9 Å². The molecule has 7 heteroatoms. The molecule has 1 amide bonds. The number of aromatic nitrogens is 3. The fourth-order valence-electron chi connectivity index (χ4n) is 3.20. The minimum atomic E-state index is -0.251. The van der Waals surface area contributed by atoms with E-state index in [0.29, 0.717) is 24.4 Å². The van der Waals surface area contributed by atoms with Crippen LogP contribution in [0.5, 0.6) is 0 Å². The lowest BCUT2D eigenvalue weighted by molar-refractivity contribution is 0.0953. The number of hydrogen-bond acceptors (Lipinski definition) is 4. The predicted octanol–water partition coefficient (Wildman–Crippen LogP) is 5.05. The van der Waals surface area contributed by atoms with Crippen LogP contribution in [0, 0.1) is 5.82 Å². The third kappa shape index (κ3) is 5.11. The second-order valence-electron chi connectivity index (χ2n) is 7.19. The third-order valence-electron chi connectivity index (χ3n) is 4.84. The normalized spacial score (nSPS) is 11.0. The lowest BCUT2D eigenvalue weighted by Gasteiger charge is -2.09. The highest BCUT2D eigenvalue weighted by Crippen LogP contribution is 2.27. The van der Waals surface area contributed by atoms with E-state index >= 15 is 0 Å². The van der Waals surface area contributed by atoms with Crippen molar-refractivity contribution in [1.29, 1.82) is 0 Å². The van der Waals surface area contributed by atoms with Gasteiger partial charge in [-0.1, -0.05) is 43.0 Å². The van der Waals surface area contributed by atoms with Gasteiger partial charge in [0, 0.05) is 24.1 Å². The van der Waals surface area contributed by atoms with Crippen molar-refractivity contribution in [3.05, 3.63) is 89.4 Å². The number of benzene rings is 2. The Morgan fingerprint density at radius 2 is 1.81 bits per heavy atom. The van der Waals surface area contributed by atoms with Crippen molar-refractivity contribution in [2.24, 2.45) is 0 Å². The lowest BCUT2D eigenvalue weighted by atomic mass is 10.1. The van der Waals surface area contributed by atoms with Crippen LogP contribution in [0.4, 0.5) is 4.39 Å². The molecule has 5 nitrogen and oxygen atoms in total. The van der Waals surface area contributed by atoms with Crippen molar-refractivity contribution < 1.29 is 9.18 Å². The first kappa shape index (κ1) is 21.1. The molecule has 2 aromatic carbocycles. The van der Waals surface area contributed by atoms with Gasteiger partial charge in [0.15, 0.2) is 10.8 Å². The zero-order valence-electron chi connectivity index (χ0n) is 17.2. The fraction of sp³-hybridized carbons (Fsp3) is 0.208. The van der Waals surface area contributed by atoms with Gasteiger partial charge in [0.25, 0.3) is 5.91 Å². The Kier molecular flexibility index (Phi) is 6.62. The highest BCUT2D eigenvalue weighted by Gasteiger charge is 2.13. The molecule has 0 aliphatic rings. The van der Waals surface area contributed by atoms with E-state index in [4.69, 9.17) is 4.98 Å². The summed E-state index contributed by atoms with van der Waals surface area (Å²) in [6.45, 7) is 3.26. The van der Waals surface area contributed by atoms with E-state index < -0.39 is 0 Å². The predicted molar refractivity (Wildman–Crippen MR) is 122 cm³/mol. The summed E-state index contributed by atoms with van der Waals surface area (Å²) in [7, 11) is 0. The Morgan fingerprint density at radius 3 is 2.55 bits per heavy atom. The number of pyridine rings is 1. The van der Waals surface area contributed by atoms with Crippen LogP contribution in [0.1, 0.15) is 34.8 Å². The van der Waals surface area contributed by atoms with Gasteiger partial charge in [-0.15, -0.1) is 0 Å². The molecule has 158 valence electrons. The summed E-state index contributed by atoms with van der Waals surface area (Å²) in [4.78, 5) is 21.3. The van der Waals surface area contributed by atoms with E-state index in [9.17, 15) is 9.18 Å². The first-order valence-corrected chi connectivity index (χ1v) is 11.2. The standard InChI is InChI=1S/C24H23FN4OS/c1-2-13-27-23(30)19-9-5-18(6-10-19)16-31-24-28-21-4-3-14-26-22(21)29(24)15-17-7-11-20(25)12-8-17/h3-12,14H,2,13,15-16H2,1H3,(H,27,30). The molecule has 0 unspecified atom stereocenters.